The number of hydrogen-bond acceptors (Lipinski definition) is 19. The minimum atomic E-state index is -1.79. The molecule has 0 aliphatic carbocycles. The Morgan fingerprint density at radius 3 is 1.42 bits per heavy atom. The van der Waals surface area contributed by atoms with Crippen LogP contribution in [0.25, 0.3) is 0 Å². The van der Waals surface area contributed by atoms with Crippen molar-refractivity contribution in [2.24, 2.45) is 40.9 Å². The van der Waals surface area contributed by atoms with Gasteiger partial charge in [-0.1, -0.05) is 55.4 Å². The molecule has 13 atom stereocenters. The molecule has 4 heterocycles. The number of aliphatic hydroxyl groups is 2. The average molecular weight is 1370 g/mol. The zero-order valence-corrected chi connectivity index (χ0v) is 57.0. The number of imidazole rings is 2. The van der Waals surface area contributed by atoms with Crippen molar-refractivity contribution in [3.8, 4) is 0 Å². The van der Waals surface area contributed by atoms with Gasteiger partial charge in [0.2, 0.25) is 70.9 Å². The molecule has 97 heavy (non-hydrogen) atoms. The summed E-state index contributed by atoms with van der Waals surface area (Å²) >= 11 is 0. The first-order chi connectivity index (χ1) is 45.8. The van der Waals surface area contributed by atoms with E-state index in [1.807, 2.05) is 13.8 Å². The maximum Gasteiger partial charge on any atom is 0.326 e. The predicted octanol–water partition coefficient (Wildman–Crippen LogP) is -3.76. The second-order valence-corrected chi connectivity index (χ2v) is 26.6. The smallest absolute Gasteiger partial charge is 0.326 e. The van der Waals surface area contributed by atoms with Crippen LogP contribution in [0.4, 0.5) is 0 Å². The van der Waals surface area contributed by atoms with E-state index in [0.717, 1.165) is 0 Å². The first-order valence-electron chi connectivity index (χ1n) is 33.3. The molecule has 0 aromatic carbocycles. The first kappa shape index (κ1) is 80.8. The second-order valence-electron chi connectivity index (χ2n) is 26.6. The number of carbonyl (C=O) groups is 13. The normalized spacial score (nSPS) is 18.1. The third-order valence-corrected chi connectivity index (χ3v) is 16.7. The Kier molecular flexibility index (Phi) is 32.9. The topological polar surface area (TPSA) is 533 Å². The van der Waals surface area contributed by atoms with Gasteiger partial charge in [-0.2, -0.15) is 0 Å². The van der Waals surface area contributed by atoms with Crippen LogP contribution in [0.2, 0.25) is 0 Å². The Hall–Kier alpha value is -8.63. The molecule has 2 fully saturated rings. The molecule has 2 aliphatic heterocycles. The lowest BCUT2D eigenvalue weighted by Gasteiger charge is -2.32. The highest BCUT2D eigenvalue weighted by Crippen LogP contribution is 2.24. The summed E-state index contributed by atoms with van der Waals surface area (Å²) in [6.07, 6.45) is 4.77. The highest BCUT2D eigenvalue weighted by Gasteiger charge is 2.43. The molecule has 4 rings (SSSR count). The van der Waals surface area contributed by atoms with Crippen LogP contribution in [0, 0.1) is 23.7 Å². The number of nitrogens with one attached hydrogen (secondary N) is 11. The largest absolute Gasteiger partial charge is 0.480 e. The fraction of sp³-hybridized carbons (Fsp3) is 0.698. The molecular formula is C63H104N18O16. The number of nitrogens with two attached hydrogens (primary N) is 3. The summed E-state index contributed by atoms with van der Waals surface area (Å²) in [5.74, 6) is -12.4. The molecule has 0 unspecified atom stereocenters. The van der Waals surface area contributed by atoms with E-state index in [1.165, 1.54) is 41.8 Å². The van der Waals surface area contributed by atoms with Crippen molar-refractivity contribution in [3.05, 3.63) is 36.4 Å². The van der Waals surface area contributed by atoms with Crippen molar-refractivity contribution < 1.29 is 77.6 Å². The Morgan fingerprint density at radius 1 is 0.536 bits per heavy atom. The van der Waals surface area contributed by atoms with E-state index in [9.17, 15) is 77.6 Å². The molecule has 12 amide bonds. The van der Waals surface area contributed by atoms with Gasteiger partial charge in [-0.3, -0.25) is 57.5 Å². The number of aromatic nitrogens is 4. The fourth-order valence-electron chi connectivity index (χ4n) is 11.4. The standard InChI is InChI=1S/C63H104N18O16/c1-32(2)22-41(73-55(88)42(23-33(3)4)74-57(90)46(29-82)78-60(93)51(36(9)83)79-56(89)43(25-37-27-67-30-69-37)75-59(92)50(66)35(7)8)54(87)72-40(17-18-49(65)84)53(86)71-39(14-10-11-19-64)52(85)76-45(26-38-28-68-31-70-38)62(95)80-20-12-15-47(80)58(91)77-44(24-34(5)6)61(94)81-21-13-16-48(81)63(96)97/h27-28,30-36,39-48,50-51,82-83H,10-26,29,64,66H2,1-9H3,(H2,65,84)(H,67,69)(H,68,70)(H,71,86)(H,72,87)(H,73,88)(H,74,90)(H,75,92)(H,76,85)(H,77,91)(H,78,93)(H,79,89)(H,96,97)/t36-,39+,40+,41+,42+,43+,44+,45+,46+,47+,48+,50+,51+/m1/s1. The fourth-order valence-corrected chi connectivity index (χ4v) is 11.4. The number of aromatic amines is 2. The minimum absolute atomic E-state index is 0.0489. The Labute approximate surface area is 564 Å². The third-order valence-electron chi connectivity index (χ3n) is 16.7. The van der Waals surface area contributed by atoms with E-state index < -0.39 is 175 Å². The molecule has 2 aromatic rings. The van der Waals surface area contributed by atoms with Crippen molar-refractivity contribution in [1.82, 2.24) is 77.6 Å². The van der Waals surface area contributed by atoms with Crippen LogP contribution in [0.3, 0.4) is 0 Å². The molecule has 542 valence electrons. The molecule has 0 radical (unpaired) electrons. The van der Waals surface area contributed by atoms with Crippen molar-refractivity contribution in [2.45, 2.75) is 231 Å². The number of nitrogens with zero attached hydrogens (tertiary/aromatic N) is 4. The van der Waals surface area contributed by atoms with Crippen molar-refractivity contribution >= 4 is 76.9 Å². The van der Waals surface area contributed by atoms with Gasteiger partial charge in [0.25, 0.3) is 0 Å². The molecule has 34 nitrogen and oxygen atoms in total. The van der Waals surface area contributed by atoms with Crippen molar-refractivity contribution in [1.29, 1.82) is 0 Å². The molecule has 2 aromatic heterocycles. The Balaban J connectivity index is 1.55. The zero-order chi connectivity index (χ0) is 72.4. The summed E-state index contributed by atoms with van der Waals surface area (Å²) in [5, 5.41) is 54.2. The lowest BCUT2D eigenvalue weighted by molar-refractivity contribution is -0.150. The van der Waals surface area contributed by atoms with Gasteiger partial charge in [0.15, 0.2) is 0 Å². The number of aliphatic carboxylic acids is 1. The zero-order valence-electron chi connectivity index (χ0n) is 57.0. The SMILES string of the molecule is CC(C)C[C@H](NC(=O)[C@H](CC(C)C)NC(=O)[C@H](CO)NC(=O)[C@@H](NC(=O)[C@H](Cc1cnc[nH]1)NC(=O)[C@@H](N)C(C)C)[C@@H](C)O)C(=O)N[C@@H](CCC(N)=O)C(=O)N[C@@H](CCCCN)C(=O)N[C@@H](Cc1cnc[nH]1)C(=O)N1CCC[C@H]1C(=O)N[C@@H](CC(C)C)C(=O)N1CCC[C@H]1C(=O)O. The van der Waals surface area contributed by atoms with Crippen LogP contribution in [-0.2, 0) is 75.2 Å². The van der Waals surface area contributed by atoms with Crippen molar-refractivity contribution in [2.75, 3.05) is 26.2 Å². The van der Waals surface area contributed by atoms with Crippen LogP contribution in [0.5, 0.6) is 0 Å². The summed E-state index contributed by atoms with van der Waals surface area (Å²) in [5.41, 5.74) is 18.3. The lowest BCUT2D eigenvalue weighted by atomic mass is 9.99. The third kappa shape index (κ3) is 25.7. The average Bonchev–Trinajstić information content (AvgIpc) is 1.75. The minimum Gasteiger partial charge on any atom is -0.480 e. The van der Waals surface area contributed by atoms with E-state index in [1.54, 1.807) is 41.5 Å². The summed E-state index contributed by atoms with van der Waals surface area (Å²) in [7, 11) is 0. The lowest BCUT2D eigenvalue weighted by Crippen LogP contribution is -2.62. The van der Waals surface area contributed by atoms with Crippen molar-refractivity contribution in [3.63, 3.8) is 0 Å². The van der Waals surface area contributed by atoms with E-state index in [0.29, 0.717) is 30.7 Å². The molecule has 2 saturated heterocycles. The number of unbranched alkanes of at least 4 members (excludes halogenated alkanes) is 1. The molecule has 0 bridgehead atoms. The van der Waals surface area contributed by atoms with E-state index in [2.05, 4.69) is 67.8 Å². The highest BCUT2D eigenvalue weighted by atomic mass is 16.4. The number of amides is 12. The summed E-state index contributed by atoms with van der Waals surface area (Å²) < 4.78 is 0. The van der Waals surface area contributed by atoms with Gasteiger partial charge in [-0.25, -0.2) is 14.8 Å². The number of H-pyrrole nitrogens is 2. The second kappa shape index (κ2) is 39.6. The monoisotopic (exact) mass is 1370 g/mol. The van der Waals surface area contributed by atoms with Crippen LogP contribution >= 0.6 is 0 Å². The number of primary amides is 1. The van der Waals surface area contributed by atoms with E-state index in [-0.39, 0.29) is 101 Å². The van der Waals surface area contributed by atoms with Gasteiger partial charge in [-0.15, -0.1) is 0 Å². The summed E-state index contributed by atoms with van der Waals surface area (Å²) in [6, 6.07) is -16.4. The van der Waals surface area contributed by atoms with Crippen LogP contribution in [0.15, 0.2) is 25.0 Å². The molecule has 34 heteroatoms. The molecule has 2 aliphatic rings. The predicted molar refractivity (Wildman–Crippen MR) is 350 cm³/mol. The number of likely N-dealkylation sites (tertiary alicyclic amines) is 2. The molecular weight excluding hydrogens is 1260 g/mol. The quantitative estimate of drug-likeness (QED) is 0.0284. The Morgan fingerprint density at radius 2 is 0.959 bits per heavy atom. The van der Waals surface area contributed by atoms with Crippen LogP contribution < -0.4 is 65.1 Å². The number of rotatable bonds is 41. The Bertz CT molecular complexity index is 2960. The highest BCUT2D eigenvalue weighted by molar-refractivity contribution is 6.00. The van der Waals surface area contributed by atoms with Crippen LogP contribution in [-0.4, -0.2) is 227 Å². The molecule has 0 saturated carbocycles. The maximum absolute atomic E-state index is 14.8. The van der Waals surface area contributed by atoms with Gasteiger partial charge >= 0.3 is 5.97 Å². The van der Waals surface area contributed by atoms with Gasteiger partial charge in [-0.05, 0) is 108 Å². The summed E-state index contributed by atoms with van der Waals surface area (Å²) in [6.45, 7) is 14.6. The van der Waals surface area contributed by atoms with Crippen LogP contribution in [0.1, 0.15) is 151 Å². The van der Waals surface area contributed by atoms with Gasteiger partial charge in [0, 0.05) is 56.1 Å². The number of aliphatic hydroxyl groups excluding tert-OH is 2. The van der Waals surface area contributed by atoms with Gasteiger partial charge in [0.05, 0.1) is 31.4 Å². The van der Waals surface area contributed by atoms with Gasteiger partial charge in [0.1, 0.15) is 66.5 Å². The molecule has 0 spiro atoms. The number of hydrogen-bond donors (Lipinski definition) is 17. The maximum atomic E-state index is 14.8. The summed E-state index contributed by atoms with van der Waals surface area (Å²) in [4.78, 5) is 196. The number of carbonyl (C=O) groups excluding carboxylic acids is 12. The van der Waals surface area contributed by atoms with E-state index >= 15 is 0 Å². The molecule has 20 N–H and O–H groups in total. The number of carboxylic acids is 1. The number of carboxylic acid groups (broad SMARTS) is 1. The first-order valence-corrected chi connectivity index (χ1v) is 33.3. The van der Waals surface area contributed by atoms with E-state index in [4.69, 9.17) is 17.2 Å². The van der Waals surface area contributed by atoms with Gasteiger partial charge < -0.3 is 100 Å².